The van der Waals surface area contributed by atoms with Crippen molar-refractivity contribution >= 4 is 21.4 Å². The van der Waals surface area contributed by atoms with E-state index in [-0.39, 0.29) is 0 Å². The Morgan fingerprint density at radius 1 is 1.09 bits per heavy atom. The van der Waals surface area contributed by atoms with Crippen molar-refractivity contribution in [3.63, 3.8) is 0 Å². The van der Waals surface area contributed by atoms with Gasteiger partial charge < -0.3 is 4.90 Å². The van der Waals surface area contributed by atoms with Crippen LogP contribution < -0.4 is 0 Å². The maximum Gasteiger partial charge on any atom is 0.252 e. The number of likely N-dealkylation sites (tertiary alicyclic amines) is 1. The Hall–Kier alpha value is -0.430. The summed E-state index contributed by atoms with van der Waals surface area (Å²) in [7, 11) is -3.27. The highest BCUT2D eigenvalue weighted by Gasteiger charge is 2.32. The molecule has 0 spiro atoms. The predicted molar refractivity (Wildman–Crippen MR) is 90.9 cm³/mol. The summed E-state index contributed by atoms with van der Waals surface area (Å²) in [6.45, 7) is 5.79. The van der Waals surface area contributed by atoms with Crippen molar-refractivity contribution < 1.29 is 8.42 Å². The predicted octanol–water partition coefficient (Wildman–Crippen LogP) is 2.95. The van der Waals surface area contributed by atoms with E-state index in [1.54, 1.807) is 10.4 Å². The van der Waals surface area contributed by atoms with Crippen LogP contribution >= 0.6 is 11.3 Å². The van der Waals surface area contributed by atoms with Gasteiger partial charge in [0.2, 0.25) is 0 Å². The molecular weight excluding hydrogens is 316 g/mol. The summed E-state index contributed by atoms with van der Waals surface area (Å²) in [6, 6.07) is 4.30. The maximum atomic E-state index is 12.7. The largest absolute Gasteiger partial charge is 0.300 e. The van der Waals surface area contributed by atoms with Crippen LogP contribution in [0.15, 0.2) is 16.3 Å². The van der Waals surface area contributed by atoms with E-state index in [0.29, 0.717) is 23.3 Å². The number of hydrogen-bond donors (Lipinski definition) is 0. The van der Waals surface area contributed by atoms with Crippen LogP contribution in [0.4, 0.5) is 0 Å². The molecule has 0 N–H and O–H groups in total. The average molecular weight is 343 g/mol. The number of aryl methyl sites for hydroxylation is 1. The first kappa shape index (κ1) is 16.4. The number of piperidine rings is 2. The van der Waals surface area contributed by atoms with Crippen molar-refractivity contribution in [2.75, 3.05) is 26.2 Å². The lowest BCUT2D eigenvalue weighted by atomic mass is 10.0. The van der Waals surface area contributed by atoms with E-state index in [1.165, 1.54) is 43.7 Å². The zero-order chi connectivity index (χ0) is 15.6. The van der Waals surface area contributed by atoms with E-state index < -0.39 is 10.0 Å². The first-order valence-corrected chi connectivity index (χ1v) is 10.7. The highest BCUT2D eigenvalue weighted by molar-refractivity contribution is 7.91. The van der Waals surface area contributed by atoms with Crippen LogP contribution in [-0.2, 0) is 16.4 Å². The van der Waals surface area contributed by atoms with Crippen molar-refractivity contribution in [2.24, 2.45) is 0 Å². The van der Waals surface area contributed by atoms with Gasteiger partial charge in [0.15, 0.2) is 0 Å². The summed E-state index contributed by atoms with van der Waals surface area (Å²) >= 11 is 1.42. The third-order valence-electron chi connectivity index (χ3n) is 4.91. The second-order valence-electron chi connectivity index (χ2n) is 6.31. The molecule has 2 saturated heterocycles. The fourth-order valence-corrected chi connectivity index (χ4v) is 6.46. The van der Waals surface area contributed by atoms with Crippen molar-refractivity contribution in [3.8, 4) is 0 Å². The van der Waals surface area contributed by atoms with Gasteiger partial charge in [0.25, 0.3) is 10.0 Å². The maximum absolute atomic E-state index is 12.7. The average Bonchev–Trinajstić information content (AvgIpc) is 3.06. The highest BCUT2D eigenvalue weighted by Crippen LogP contribution is 2.29. The van der Waals surface area contributed by atoms with Crippen molar-refractivity contribution in [2.45, 2.75) is 55.7 Å². The van der Waals surface area contributed by atoms with E-state index in [2.05, 4.69) is 11.8 Å². The molecule has 6 heteroatoms. The summed E-state index contributed by atoms with van der Waals surface area (Å²) in [5.74, 6) is 0. The van der Waals surface area contributed by atoms with Crippen molar-refractivity contribution in [1.29, 1.82) is 0 Å². The molecule has 0 saturated carbocycles. The zero-order valence-corrected chi connectivity index (χ0v) is 15.0. The SMILES string of the molecule is CCc1ccc(S(=O)(=O)N2CCC(N3CCCCC3)CC2)s1. The van der Waals surface area contributed by atoms with E-state index in [1.807, 2.05) is 6.07 Å². The molecule has 0 aromatic carbocycles. The third-order valence-corrected chi connectivity index (χ3v) is 8.51. The minimum absolute atomic E-state index is 0.515. The van der Waals surface area contributed by atoms with E-state index >= 15 is 0 Å². The molecular formula is C16H26N2O2S2. The Kier molecular flexibility index (Phi) is 5.22. The van der Waals surface area contributed by atoms with E-state index in [9.17, 15) is 8.42 Å². The molecule has 2 aliphatic heterocycles. The van der Waals surface area contributed by atoms with Crippen molar-refractivity contribution in [1.82, 2.24) is 9.21 Å². The summed E-state index contributed by atoms with van der Waals surface area (Å²) in [5.41, 5.74) is 0. The molecule has 3 heterocycles. The topological polar surface area (TPSA) is 40.6 Å². The number of hydrogen-bond acceptors (Lipinski definition) is 4. The molecule has 0 amide bonds. The Morgan fingerprint density at radius 2 is 1.77 bits per heavy atom. The van der Waals surface area contributed by atoms with Crippen LogP contribution in [-0.4, -0.2) is 49.8 Å². The molecule has 2 aliphatic rings. The fraction of sp³-hybridized carbons (Fsp3) is 0.750. The van der Waals surface area contributed by atoms with Gasteiger partial charge in [-0.25, -0.2) is 8.42 Å². The quantitative estimate of drug-likeness (QED) is 0.845. The molecule has 22 heavy (non-hydrogen) atoms. The van der Waals surface area contributed by atoms with Crippen LogP contribution in [0.25, 0.3) is 0 Å². The van der Waals surface area contributed by atoms with Crippen LogP contribution in [0.1, 0.15) is 43.9 Å². The van der Waals surface area contributed by atoms with Crippen LogP contribution in [0.2, 0.25) is 0 Å². The summed E-state index contributed by atoms with van der Waals surface area (Å²) in [5, 5.41) is 0. The Balaban J connectivity index is 1.62. The van der Waals surface area contributed by atoms with Gasteiger partial charge in [0.05, 0.1) is 0 Å². The summed E-state index contributed by atoms with van der Waals surface area (Å²) in [4.78, 5) is 3.72. The Labute approximate surface area is 138 Å². The molecule has 3 rings (SSSR count). The lowest BCUT2D eigenvalue weighted by Gasteiger charge is -2.39. The number of sulfonamides is 1. The molecule has 0 atom stereocenters. The van der Waals surface area contributed by atoms with Gasteiger partial charge >= 0.3 is 0 Å². The highest BCUT2D eigenvalue weighted by atomic mass is 32.2. The molecule has 1 aromatic heterocycles. The Bertz CT molecular complexity index is 583. The molecule has 1 aromatic rings. The second kappa shape index (κ2) is 6.99. The normalized spacial score (nSPS) is 23.0. The first-order chi connectivity index (χ1) is 10.6. The molecule has 124 valence electrons. The van der Waals surface area contributed by atoms with Gasteiger partial charge in [-0.15, -0.1) is 11.3 Å². The van der Waals surface area contributed by atoms with E-state index in [0.717, 1.165) is 24.1 Å². The summed E-state index contributed by atoms with van der Waals surface area (Å²) < 4.78 is 27.7. The third kappa shape index (κ3) is 3.40. The lowest BCUT2D eigenvalue weighted by Crippen LogP contribution is -2.48. The lowest BCUT2D eigenvalue weighted by molar-refractivity contribution is 0.118. The number of thiophene rings is 1. The first-order valence-electron chi connectivity index (χ1n) is 8.44. The zero-order valence-electron chi connectivity index (χ0n) is 13.3. The molecule has 0 radical (unpaired) electrons. The molecule has 4 nitrogen and oxygen atoms in total. The molecule has 0 unspecified atom stereocenters. The van der Waals surface area contributed by atoms with Gasteiger partial charge in [-0.05, 0) is 57.3 Å². The minimum Gasteiger partial charge on any atom is -0.300 e. The van der Waals surface area contributed by atoms with Crippen molar-refractivity contribution in [3.05, 3.63) is 17.0 Å². The van der Waals surface area contributed by atoms with Crippen LogP contribution in [0, 0.1) is 0 Å². The molecule has 0 bridgehead atoms. The number of rotatable bonds is 4. The van der Waals surface area contributed by atoms with Crippen LogP contribution in [0.3, 0.4) is 0 Å². The van der Waals surface area contributed by atoms with Gasteiger partial charge in [0.1, 0.15) is 4.21 Å². The van der Waals surface area contributed by atoms with Gasteiger partial charge in [-0.3, -0.25) is 0 Å². The molecule has 2 fully saturated rings. The van der Waals surface area contributed by atoms with Crippen LogP contribution in [0.5, 0.6) is 0 Å². The monoisotopic (exact) mass is 342 g/mol. The van der Waals surface area contributed by atoms with E-state index in [4.69, 9.17) is 0 Å². The number of nitrogens with zero attached hydrogens (tertiary/aromatic N) is 2. The Morgan fingerprint density at radius 3 is 2.36 bits per heavy atom. The summed E-state index contributed by atoms with van der Waals surface area (Å²) in [6.07, 6.45) is 6.80. The minimum atomic E-state index is -3.27. The molecule has 0 aliphatic carbocycles. The van der Waals surface area contributed by atoms with Gasteiger partial charge in [-0.2, -0.15) is 4.31 Å². The standard InChI is InChI=1S/C16H26N2O2S2/c1-2-15-6-7-16(21-15)22(19,20)18-12-8-14(9-13-18)17-10-4-3-5-11-17/h6-7,14H,2-5,8-13H2,1H3. The smallest absolute Gasteiger partial charge is 0.252 e. The fourth-order valence-electron chi connectivity index (χ4n) is 3.55. The van der Waals surface area contributed by atoms with Gasteiger partial charge in [-0.1, -0.05) is 13.3 Å². The second-order valence-corrected chi connectivity index (χ2v) is 9.64. The van der Waals surface area contributed by atoms with Gasteiger partial charge in [0, 0.05) is 24.0 Å².